The summed E-state index contributed by atoms with van der Waals surface area (Å²) in [5.41, 5.74) is -3.48. The molecule has 2 saturated carbocycles. The SMILES string of the molecule is CC1=CCCC2(C)C(CCC2(O)CN(CCc2cccs2)C(=O)C23CCC(C)(C(=O)O2)C3(C)C)c2ccc(cc2C(=O)c2ccc(-c3cc(C(F)(F)F)ccc3Cl)o2)CC(O)CC1. The topological polar surface area (TPSA) is 117 Å². The molecule has 3 fully saturated rings. The Hall–Kier alpha value is -4.23. The van der Waals surface area contributed by atoms with Gasteiger partial charge in [0.25, 0.3) is 5.91 Å². The lowest BCUT2D eigenvalue weighted by Crippen LogP contribution is -2.60. The number of furan rings is 1. The summed E-state index contributed by atoms with van der Waals surface area (Å²) < 4.78 is 53.3. The van der Waals surface area contributed by atoms with Gasteiger partial charge in [-0.1, -0.05) is 62.2 Å². The van der Waals surface area contributed by atoms with E-state index < -0.39 is 57.0 Å². The van der Waals surface area contributed by atoms with E-state index in [0.717, 1.165) is 34.2 Å². The first-order valence-electron chi connectivity index (χ1n) is 21.9. The number of alkyl halides is 3. The van der Waals surface area contributed by atoms with Gasteiger partial charge >= 0.3 is 12.1 Å². The highest BCUT2D eigenvalue weighted by molar-refractivity contribution is 7.09. The number of halogens is 4. The number of nitrogens with zero attached hydrogens (tertiary/aromatic N) is 1. The molecule has 5 aliphatic rings. The summed E-state index contributed by atoms with van der Waals surface area (Å²) in [4.78, 5) is 46.2. The normalized spacial score (nSPS) is 29.3. The number of rotatable bonds is 9. The molecule has 63 heavy (non-hydrogen) atoms. The number of esters is 1. The number of hydrogen-bond donors (Lipinski definition) is 2. The van der Waals surface area contributed by atoms with Crippen molar-refractivity contribution in [1.29, 1.82) is 0 Å². The first kappa shape index (κ1) is 45.3. The molecule has 2 aromatic heterocycles. The summed E-state index contributed by atoms with van der Waals surface area (Å²) in [5, 5.41) is 26.5. The van der Waals surface area contributed by atoms with Gasteiger partial charge < -0.3 is 24.3 Å². The molecule has 1 aliphatic heterocycles. The van der Waals surface area contributed by atoms with Crippen LogP contribution in [0.25, 0.3) is 11.3 Å². The van der Waals surface area contributed by atoms with E-state index in [4.69, 9.17) is 20.8 Å². The maximum Gasteiger partial charge on any atom is 0.416 e. The summed E-state index contributed by atoms with van der Waals surface area (Å²) >= 11 is 7.96. The predicted molar refractivity (Wildman–Crippen MR) is 236 cm³/mol. The monoisotopic (exact) mass is 905 g/mol. The molecule has 6 atom stereocenters. The highest BCUT2D eigenvalue weighted by Crippen LogP contribution is 2.66. The molecule has 4 bridgehead atoms. The van der Waals surface area contributed by atoms with Crippen LogP contribution in [0.4, 0.5) is 13.2 Å². The Balaban J connectivity index is 1.19. The molecule has 0 radical (unpaired) electrons. The number of ketones is 1. The number of allylic oxidation sites excluding steroid dienone is 2. The molecule has 4 aliphatic carbocycles. The van der Waals surface area contributed by atoms with Crippen molar-refractivity contribution in [2.24, 2.45) is 16.2 Å². The number of carbonyl (C=O) groups excluding carboxylic acids is 3. The standard InChI is InChI=1S/C50H55ClF3NO7S/c1-30-8-6-20-46(4)38(18-21-48(46,60)29-55(24-19-34-9-7-25-63-34)43(58)49-23-22-47(5,44(59)62-49)45(49,2)3)35-14-11-31(26-33(56)13-10-30)27-36(35)42(57)41-17-16-40(61-41)37-28-32(50(52,53)54)12-15-39(37)51/h7-9,11-12,14-17,25,27-28,33,38,56,60H,6,10,13,18-24,26,29H2,1-5H3. The van der Waals surface area contributed by atoms with E-state index in [2.05, 4.69) is 6.08 Å². The summed E-state index contributed by atoms with van der Waals surface area (Å²) in [7, 11) is 0. The molecule has 1 saturated heterocycles. The van der Waals surface area contributed by atoms with E-state index >= 15 is 4.79 Å². The fourth-order valence-corrected chi connectivity index (χ4v) is 12.0. The van der Waals surface area contributed by atoms with Gasteiger partial charge in [0.15, 0.2) is 11.4 Å². The highest BCUT2D eigenvalue weighted by Gasteiger charge is 2.76. The minimum Gasteiger partial charge on any atom is -0.453 e. The predicted octanol–water partition coefficient (Wildman–Crippen LogP) is 11.1. The maximum absolute atomic E-state index is 15.2. The maximum atomic E-state index is 15.2. The molecule has 13 heteroatoms. The number of thiophene rings is 1. The van der Waals surface area contributed by atoms with E-state index in [1.807, 2.05) is 64.3 Å². The minimum absolute atomic E-state index is 0.00238. The van der Waals surface area contributed by atoms with E-state index in [0.29, 0.717) is 75.5 Å². The number of aliphatic hydroxyl groups excluding tert-OH is 1. The molecule has 0 spiro atoms. The van der Waals surface area contributed by atoms with E-state index in [1.165, 1.54) is 12.1 Å². The summed E-state index contributed by atoms with van der Waals surface area (Å²) in [6.07, 6.45) is 1.61. The largest absolute Gasteiger partial charge is 0.453 e. The van der Waals surface area contributed by atoms with Crippen LogP contribution in [-0.4, -0.2) is 63.2 Å². The third kappa shape index (κ3) is 7.70. The van der Waals surface area contributed by atoms with Crippen LogP contribution in [0, 0.1) is 16.2 Å². The Labute approximate surface area is 375 Å². The van der Waals surface area contributed by atoms with Gasteiger partial charge in [-0.25, -0.2) is 0 Å². The summed E-state index contributed by atoms with van der Waals surface area (Å²) in [5.74, 6) is -1.68. The Morgan fingerprint density at radius 3 is 2.44 bits per heavy atom. The summed E-state index contributed by atoms with van der Waals surface area (Å²) in [6, 6.07) is 15.3. The number of carbonyl (C=O) groups is 3. The van der Waals surface area contributed by atoms with Crippen LogP contribution in [0.2, 0.25) is 5.02 Å². The highest BCUT2D eigenvalue weighted by atomic mass is 35.5. The zero-order valence-electron chi connectivity index (χ0n) is 36.4. The molecule has 2 N–H and O–H groups in total. The summed E-state index contributed by atoms with van der Waals surface area (Å²) in [6.45, 7) is 10.1. The Morgan fingerprint density at radius 2 is 1.76 bits per heavy atom. The van der Waals surface area contributed by atoms with Crippen LogP contribution in [0.15, 0.2) is 82.1 Å². The number of ether oxygens (including phenoxy) is 1. The fourth-order valence-electron chi connectivity index (χ4n) is 11.1. The van der Waals surface area contributed by atoms with Crippen molar-refractivity contribution < 1.29 is 46.9 Å². The zero-order valence-corrected chi connectivity index (χ0v) is 37.9. The van der Waals surface area contributed by atoms with Gasteiger partial charge in [-0.05, 0) is 143 Å². The van der Waals surface area contributed by atoms with Gasteiger partial charge in [-0.2, -0.15) is 13.2 Å². The second kappa shape index (κ2) is 16.3. The van der Waals surface area contributed by atoms with Crippen LogP contribution in [0.5, 0.6) is 0 Å². The van der Waals surface area contributed by atoms with Crippen LogP contribution in [-0.2, 0) is 33.3 Å². The van der Waals surface area contributed by atoms with Gasteiger partial charge in [-0.3, -0.25) is 14.4 Å². The lowest BCUT2D eigenvalue weighted by Gasteiger charge is -2.47. The molecule has 2 aromatic carbocycles. The van der Waals surface area contributed by atoms with Crippen molar-refractivity contribution in [3.8, 4) is 11.3 Å². The first-order chi connectivity index (χ1) is 29.6. The number of amides is 1. The zero-order chi connectivity index (χ0) is 45.3. The third-order valence-electron chi connectivity index (χ3n) is 15.7. The van der Waals surface area contributed by atoms with Gasteiger partial charge in [0, 0.05) is 33.4 Å². The molecule has 1 amide bonds. The second-order valence-electron chi connectivity index (χ2n) is 19.4. The van der Waals surface area contributed by atoms with Gasteiger partial charge in [-0.15, -0.1) is 11.3 Å². The van der Waals surface area contributed by atoms with Crippen LogP contribution >= 0.6 is 22.9 Å². The lowest BCUT2D eigenvalue weighted by molar-refractivity contribution is -0.177. The van der Waals surface area contributed by atoms with Crippen molar-refractivity contribution in [2.45, 2.75) is 128 Å². The molecule has 6 unspecified atom stereocenters. The van der Waals surface area contributed by atoms with Crippen LogP contribution < -0.4 is 0 Å². The molecule has 4 aromatic rings. The van der Waals surface area contributed by atoms with Crippen molar-refractivity contribution in [3.63, 3.8) is 0 Å². The molecule has 336 valence electrons. The number of hydrogen-bond acceptors (Lipinski definition) is 8. The Kier molecular flexibility index (Phi) is 11.8. The molecule has 3 heterocycles. The lowest BCUT2D eigenvalue weighted by atomic mass is 9.64. The number of fused-ring (bicyclic) bond motifs is 10. The molecule has 8 nitrogen and oxygen atoms in total. The van der Waals surface area contributed by atoms with Gasteiger partial charge in [0.05, 0.1) is 34.3 Å². The first-order valence-corrected chi connectivity index (χ1v) is 23.1. The minimum atomic E-state index is -4.62. The third-order valence-corrected chi connectivity index (χ3v) is 16.9. The second-order valence-corrected chi connectivity index (χ2v) is 20.8. The average Bonchev–Trinajstić information content (AvgIpc) is 4.04. The van der Waals surface area contributed by atoms with E-state index in [9.17, 15) is 33.0 Å². The fraction of sp³-hybridized carbons (Fsp3) is 0.500. The number of benzene rings is 2. The Morgan fingerprint density at radius 1 is 0.984 bits per heavy atom. The smallest absolute Gasteiger partial charge is 0.416 e. The van der Waals surface area contributed by atoms with Crippen molar-refractivity contribution in [3.05, 3.63) is 116 Å². The van der Waals surface area contributed by atoms with E-state index in [-0.39, 0.29) is 46.9 Å². The van der Waals surface area contributed by atoms with Crippen molar-refractivity contribution >= 4 is 40.6 Å². The van der Waals surface area contributed by atoms with Crippen LogP contribution in [0.3, 0.4) is 0 Å². The molecular formula is C50H55ClF3NO7S. The quantitative estimate of drug-likeness (QED) is 0.0976. The van der Waals surface area contributed by atoms with Gasteiger partial charge in [0.2, 0.25) is 5.78 Å². The Bertz CT molecular complexity index is 2460. The van der Waals surface area contributed by atoms with E-state index in [1.54, 1.807) is 22.3 Å². The van der Waals surface area contributed by atoms with Crippen molar-refractivity contribution in [1.82, 2.24) is 4.90 Å². The number of aliphatic hydroxyl groups is 2. The van der Waals surface area contributed by atoms with Crippen molar-refractivity contribution in [2.75, 3.05) is 13.1 Å². The molecule has 9 rings (SSSR count). The van der Waals surface area contributed by atoms with Gasteiger partial charge in [0.1, 0.15) is 5.76 Å². The van der Waals surface area contributed by atoms with Crippen LogP contribution in [0.1, 0.15) is 130 Å². The molecular weight excluding hydrogens is 851 g/mol. The average molecular weight is 907 g/mol.